The summed E-state index contributed by atoms with van der Waals surface area (Å²) in [5.41, 5.74) is -0.456. The molecular weight excluding hydrogens is 312 g/mol. The third-order valence-corrected chi connectivity index (χ3v) is 3.55. The van der Waals surface area contributed by atoms with Gasteiger partial charge in [0.2, 0.25) is 0 Å². The van der Waals surface area contributed by atoms with Crippen LogP contribution in [0, 0.1) is 0 Å². The number of carbonyl (C=O) groups is 3. The maximum absolute atomic E-state index is 12.4. The lowest BCUT2D eigenvalue weighted by Gasteiger charge is -2.22. The summed E-state index contributed by atoms with van der Waals surface area (Å²) in [6.45, 7) is 2.78. The van der Waals surface area contributed by atoms with Crippen molar-refractivity contribution in [3.05, 3.63) is 34.3 Å². The molecule has 1 heterocycles. The highest BCUT2D eigenvalue weighted by Gasteiger charge is 2.49. The second-order valence-corrected chi connectivity index (χ2v) is 5.57. The molecule has 5 nitrogen and oxygen atoms in total. The highest BCUT2D eigenvalue weighted by molar-refractivity contribution is 9.10. The molecule has 1 atom stereocenters. The van der Waals surface area contributed by atoms with Crippen LogP contribution in [0.4, 0.5) is 4.79 Å². The number of ketones is 1. The summed E-state index contributed by atoms with van der Waals surface area (Å²) < 4.78 is 0.818. The minimum absolute atomic E-state index is 0.200. The number of Topliss-reactive ketones (excluding diaryl/α,β-unsaturated/α-hetero) is 1. The number of benzene rings is 1. The van der Waals surface area contributed by atoms with Crippen LogP contribution in [0.25, 0.3) is 0 Å². The van der Waals surface area contributed by atoms with Crippen molar-refractivity contribution in [2.75, 3.05) is 6.54 Å². The van der Waals surface area contributed by atoms with Crippen LogP contribution >= 0.6 is 15.9 Å². The Balaban J connectivity index is 2.38. The van der Waals surface area contributed by atoms with Gasteiger partial charge in [0.05, 0.1) is 6.54 Å². The van der Waals surface area contributed by atoms with Gasteiger partial charge in [-0.05, 0) is 31.5 Å². The molecule has 2 rings (SSSR count). The molecule has 0 aliphatic carbocycles. The van der Waals surface area contributed by atoms with E-state index in [1.165, 1.54) is 6.92 Å². The average molecular weight is 325 g/mol. The van der Waals surface area contributed by atoms with Gasteiger partial charge >= 0.3 is 6.03 Å². The first kappa shape index (κ1) is 13.7. The van der Waals surface area contributed by atoms with Crippen LogP contribution in [0.2, 0.25) is 0 Å². The predicted octanol–water partition coefficient (Wildman–Crippen LogP) is 1.81. The van der Waals surface area contributed by atoms with E-state index in [0.29, 0.717) is 5.56 Å². The fourth-order valence-corrected chi connectivity index (χ4v) is 2.46. The third-order valence-electron chi connectivity index (χ3n) is 3.06. The molecule has 0 bridgehead atoms. The van der Waals surface area contributed by atoms with Crippen molar-refractivity contribution < 1.29 is 14.4 Å². The first-order valence-corrected chi connectivity index (χ1v) is 6.53. The standard InChI is InChI=1S/C13H13BrN2O3/c1-8(17)7-16-11(18)13(2,15-12(16)19)9-4-3-5-10(14)6-9/h3-6H,7H2,1-2H3,(H,15,19)/t13-/m1/s1. The molecule has 0 saturated carbocycles. The van der Waals surface area contributed by atoms with Crippen LogP contribution < -0.4 is 5.32 Å². The first-order chi connectivity index (χ1) is 8.84. The maximum Gasteiger partial charge on any atom is 0.325 e. The van der Waals surface area contributed by atoms with Crippen LogP contribution in [0.15, 0.2) is 28.7 Å². The number of rotatable bonds is 3. The van der Waals surface area contributed by atoms with Gasteiger partial charge in [0.25, 0.3) is 5.91 Å². The van der Waals surface area contributed by atoms with E-state index in [1.807, 2.05) is 6.07 Å². The Hall–Kier alpha value is -1.69. The van der Waals surface area contributed by atoms with Crippen molar-refractivity contribution >= 4 is 33.7 Å². The molecule has 0 aromatic heterocycles. The van der Waals surface area contributed by atoms with Gasteiger partial charge in [-0.2, -0.15) is 0 Å². The second kappa shape index (κ2) is 4.77. The molecule has 3 amide bonds. The van der Waals surface area contributed by atoms with Crippen LogP contribution in [0.1, 0.15) is 19.4 Å². The number of nitrogens with one attached hydrogen (secondary N) is 1. The molecular formula is C13H13BrN2O3. The molecule has 1 saturated heterocycles. The Kier molecular flexibility index (Phi) is 3.45. The Morgan fingerprint density at radius 1 is 1.42 bits per heavy atom. The third kappa shape index (κ3) is 2.40. The lowest BCUT2D eigenvalue weighted by molar-refractivity contribution is -0.133. The van der Waals surface area contributed by atoms with Crippen LogP contribution in [-0.4, -0.2) is 29.2 Å². The zero-order valence-electron chi connectivity index (χ0n) is 10.6. The van der Waals surface area contributed by atoms with Crippen LogP contribution in [0.5, 0.6) is 0 Å². The van der Waals surface area contributed by atoms with E-state index in [0.717, 1.165) is 9.37 Å². The number of hydrogen-bond acceptors (Lipinski definition) is 3. The fraction of sp³-hybridized carbons (Fsp3) is 0.308. The average Bonchev–Trinajstić information content (AvgIpc) is 2.54. The van der Waals surface area contributed by atoms with Crippen molar-refractivity contribution in [2.45, 2.75) is 19.4 Å². The van der Waals surface area contributed by atoms with Crippen molar-refractivity contribution in [3.8, 4) is 0 Å². The van der Waals surface area contributed by atoms with Gasteiger partial charge in [-0.3, -0.25) is 14.5 Å². The van der Waals surface area contributed by atoms with E-state index in [4.69, 9.17) is 0 Å². The normalized spacial score (nSPS) is 22.6. The monoisotopic (exact) mass is 324 g/mol. The molecule has 1 aliphatic rings. The number of halogens is 1. The second-order valence-electron chi connectivity index (χ2n) is 4.66. The van der Waals surface area contributed by atoms with Gasteiger partial charge in [-0.25, -0.2) is 4.79 Å². The number of amides is 3. The zero-order valence-corrected chi connectivity index (χ0v) is 12.2. The summed E-state index contributed by atoms with van der Waals surface area (Å²) >= 11 is 3.33. The number of imide groups is 1. The number of hydrogen-bond donors (Lipinski definition) is 1. The van der Waals surface area contributed by atoms with Crippen LogP contribution in [-0.2, 0) is 15.1 Å². The molecule has 1 fully saturated rings. The number of nitrogens with zero attached hydrogens (tertiary/aromatic N) is 1. The van der Waals surface area contributed by atoms with Crippen LogP contribution in [0.3, 0.4) is 0 Å². The Bertz CT molecular complexity index is 573. The van der Waals surface area contributed by atoms with E-state index in [1.54, 1.807) is 25.1 Å². The molecule has 6 heteroatoms. The highest BCUT2D eigenvalue weighted by atomic mass is 79.9. The van der Waals surface area contributed by atoms with Gasteiger partial charge in [0, 0.05) is 4.47 Å². The summed E-state index contributed by atoms with van der Waals surface area (Å²) in [6.07, 6.45) is 0. The summed E-state index contributed by atoms with van der Waals surface area (Å²) in [4.78, 5) is 36.2. The van der Waals surface area contributed by atoms with Crippen molar-refractivity contribution in [2.24, 2.45) is 0 Å². The highest BCUT2D eigenvalue weighted by Crippen LogP contribution is 2.30. The lowest BCUT2D eigenvalue weighted by Crippen LogP contribution is -2.41. The SMILES string of the molecule is CC(=O)CN1C(=O)N[C@](C)(c2cccc(Br)c2)C1=O. The van der Waals surface area contributed by atoms with Gasteiger partial charge in [0.15, 0.2) is 0 Å². The van der Waals surface area contributed by atoms with E-state index >= 15 is 0 Å². The van der Waals surface area contributed by atoms with Gasteiger partial charge in [0.1, 0.15) is 11.3 Å². The molecule has 1 aromatic rings. The number of urea groups is 1. The Morgan fingerprint density at radius 3 is 2.68 bits per heavy atom. The Labute approximate surface area is 119 Å². The molecule has 0 unspecified atom stereocenters. The molecule has 1 aromatic carbocycles. The summed E-state index contributed by atoms with van der Waals surface area (Å²) in [5, 5.41) is 2.64. The first-order valence-electron chi connectivity index (χ1n) is 5.74. The minimum Gasteiger partial charge on any atom is -0.319 e. The summed E-state index contributed by atoms with van der Waals surface area (Å²) in [6, 6.07) is 6.62. The largest absolute Gasteiger partial charge is 0.325 e. The quantitative estimate of drug-likeness (QED) is 0.862. The molecule has 0 spiro atoms. The molecule has 100 valence electrons. The van der Waals surface area contributed by atoms with Crippen molar-refractivity contribution in [1.29, 1.82) is 0 Å². The zero-order chi connectivity index (χ0) is 14.2. The smallest absolute Gasteiger partial charge is 0.319 e. The van der Waals surface area contributed by atoms with E-state index in [-0.39, 0.29) is 12.3 Å². The number of carbonyl (C=O) groups excluding carboxylic acids is 3. The van der Waals surface area contributed by atoms with Crippen molar-refractivity contribution in [1.82, 2.24) is 10.2 Å². The van der Waals surface area contributed by atoms with Gasteiger partial charge in [-0.1, -0.05) is 28.1 Å². The summed E-state index contributed by atoms with van der Waals surface area (Å²) in [5.74, 6) is -0.646. The van der Waals surface area contributed by atoms with E-state index < -0.39 is 17.5 Å². The predicted molar refractivity (Wildman–Crippen MR) is 72.4 cm³/mol. The van der Waals surface area contributed by atoms with E-state index in [2.05, 4.69) is 21.2 Å². The van der Waals surface area contributed by atoms with E-state index in [9.17, 15) is 14.4 Å². The lowest BCUT2D eigenvalue weighted by atomic mass is 9.92. The van der Waals surface area contributed by atoms with Gasteiger partial charge in [-0.15, -0.1) is 0 Å². The molecule has 0 radical (unpaired) electrons. The topological polar surface area (TPSA) is 66.5 Å². The minimum atomic E-state index is -1.13. The fourth-order valence-electron chi connectivity index (χ4n) is 2.06. The molecule has 1 N–H and O–H groups in total. The molecule has 1 aliphatic heterocycles. The van der Waals surface area contributed by atoms with Crippen molar-refractivity contribution in [3.63, 3.8) is 0 Å². The van der Waals surface area contributed by atoms with Gasteiger partial charge < -0.3 is 5.32 Å². The molecule has 19 heavy (non-hydrogen) atoms. The summed E-state index contributed by atoms with van der Waals surface area (Å²) in [7, 11) is 0. The Morgan fingerprint density at radius 2 is 2.11 bits per heavy atom. The maximum atomic E-state index is 12.4.